The van der Waals surface area contributed by atoms with Crippen LogP contribution in [0.1, 0.15) is 6.42 Å². The first-order chi connectivity index (χ1) is 5.74. The summed E-state index contributed by atoms with van der Waals surface area (Å²) in [5, 5.41) is 7.23. The van der Waals surface area contributed by atoms with E-state index in [2.05, 4.69) is 0 Å². The van der Waals surface area contributed by atoms with Crippen molar-refractivity contribution in [1.82, 2.24) is 0 Å². The first-order valence-corrected chi connectivity index (χ1v) is 3.70. The van der Waals surface area contributed by atoms with Gasteiger partial charge in [-0.2, -0.15) is 0 Å². The molecular formula is C9H12N2O. The molecule has 0 unspecified atom stereocenters. The van der Waals surface area contributed by atoms with Gasteiger partial charge in [0.1, 0.15) is 5.84 Å². The number of ether oxygens (including phenoxy) is 1. The number of hydrogen-bond donors (Lipinski definition) is 2. The standard InChI is InChI=1S/C9H12N2O/c1-12-8-5-3-2-4-7(6-8)9(10)11/h2-4,6H,5H2,1H3,(H3,10,11). The maximum atomic E-state index is 7.23. The van der Waals surface area contributed by atoms with E-state index < -0.39 is 0 Å². The van der Waals surface area contributed by atoms with Gasteiger partial charge in [-0.15, -0.1) is 0 Å². The zero-order valence-corrected chi connectivity index (χ0v) is 7.00. The van der Waals surface area contributed by atoms with Crippen LogP contribution in [0.4, 0.5) is 0 Å². The fraction of sp³-hybridized carbons (Fsp3) is 0.222. The minimum Gasteiger partial charge on any atom is -0.501 e. The minimum absolute atomic E-state index is 0.0658. The van der Waals surface area contributed by atoms with Crippen molar-refractivity contribution >= 4 is 5.84 Å². The molecule has 1 rings (SSSR count). The molecule has 0 heterocycles. The number of nitrogens with one attached hydrogen (secondary N) is 1. The van der Waals surface area contributed by atoms with Gasteiger partial charge in [0.2, 0.25) is 0 Å². The lowest BCUT2D eigenvalue weighted by molar-refractivity contribution is 0.285. The van der Waals surface area contributed by atoms with E-state index in [-0.39, 0.29) is 5.84 Å². The molecule has 1 aliphatic rings. The number of nitrogens with two attached hydrogens (primary N) is 1. The maximum absolute atomic E-state index is 7.23. The van der Waals surface area contributed by atoms with E-state index >= 15 is 0 Å². The second-order valence-electron chi connectivity index (χ2n) is 2.48. The second-order valence-corrected chi connectivity index (χ2v) is 2.48. The summed E-state index contributed by atoms with van der Waals surface area (Å²) < 4.78 is 5.07. The molecule has 0 radical (unpaired) electrons. The predicted octanol–water partition coefficient (Wildman–Crippen LogP) is 1.34. The van der Waals surface area contributed by atoms with Crippen LogP contribution in [0.25, 0.3) is 0 Å². The Labute approximate surface area is 71.7 Å². The number of amidine groups is 1. The normalized spacial score (nSPS) is 16.1. The second kappa shape index (κ2) is 3.76. The summed E-state index contributed by atoms with van der Waals surface area (Å²) in [6, 6.07) is 0. The van der Waals surface area contributed by atoms with Crippen molar-refractivity contribution in [3.05, 3.63) is 35.6 Å². The first kappa shape index (κ1) is 8.59. The molecule has 1 aliphatic carbocycles. The van der Waals surface area contributed by atoms with E-state index in [1.807, 2.05) is 12.2 Å². The molecule has 0 amide bonds. The van der Waals surface area contributed by atoms with Gasteiger partial charge in [-0.05, 0) is 6.08 Å². The van der Waals surface area contributed by atoms with Gasteiger partial charge >= 0.3 is 0 Å². The van der Waals surface area contributed by atoms with Crippen LogP contribution in [0.3, 0.4) is 0 Å². The smallest absolute Gasteiger partial charge is 0.122 e. The van der Waals surface area contributed by atoms with Crippen LogP contribution in [0, 0.1) is 5.41 Å². The molecular weight excluding hydrogens is 152 g/mol. The molecule has 64 valence electrons. The van der Waals surface area contributed by atoms with Gasteiger partial charge in [-0.1, -0.05) is 18.2 Å². The largest absolute Gasteiger partial charge is 0.501 e. The van der Waals surface area contributed by atoms with Gasteiger partial charge in [-0.25, -0.2) is 0 Å². The van der Waals surface area contributed by atoms with Crippen molar-refractivity contribution in [1.29, 1.82) is 5.41 Å². The van der Waals surface area contributed by atoms with Gasteiger partial charge < -0.3 is 10.5 Å². The molecule has 0 aromatic heterocycles. The summed E-state index contributed by atoms with van der Waals surface area (Å²) >= 11 is 0. The number of allylic oxidation sites excluding steroid dienone is 3. The summed E-state index contributed by atoms with van der Waals surface area (Å²) in [6.07, 6.45) is 8.17. The molecule has 0 aromatic carbocycles. The highest BCUT2D eigenvalue weighted by Crippen LogP contribution is 2.12. The van der Waals surface area contributed by atoms with Crippen molar-refractivity contribution in [3.63, 3.8) is 0 Å². The number of methoxy groups -OCH3 is 1. The van der Waals surface area contributed by atoms with Crippen LogP contribution >= 0.6 is 0 Å². The van der Waals surface area contributed by atoms with Gasteiger partial charge in [0.25, 0.3) is 0 Å². The summed E-state index contributed by atoms with van der Waals surface area (Å²) in [5.74, 6) is 0.890. The van der Waals surface area contributed by atoms with Crippen LogP contribution in [0.15, 0.2) is 35.6 Å². The molecule has 0 aliphatic heterocycles. The topological polar surface area (TPSA) is 59.1 Å². The highest BCUT2D eigenvalue weighted by Gasteiger charge is 2.02. The average Bonchev–Trinajstić information content (AvgIpc) is 2.28. The molecule has 0 bridgehead atoms. The van der Waals surface area contributed by atoms with Crippen molar-refractivity contribution in [3.8, 4) is 0 Å². The molecule has 0 spiro atoms. The Hall–Kier alpha value is -1.51. The molecule has 3 N–H and O–H groups in total. The van der Waals surface area contributed by atoms with Crippen LogP contribution in [-0.4, -0.2) is 12.9 Å². The fourth-order valence-corrected chi connectivity index (χ4v) is 0.946. The third-order valence-electron chi connectivity index (χ3n) is 1.62. The summed E-state index contributed by atoms with van der Waals surface area (Å²) in [4.78, 5) is 0. The van der Waals surface area contributed by atoms with E-state index in [0.29, 0.717) is 5.57 Å². The van der Waals surface area contributed by atoms with E-state index in [1.54, 1.807) is 19.3 Å². The average molecular weight is 164 g/mol. The Morgan fingerprint density at radius 3 is 3.00 bits per heavy atom. The lowest BCUT2D eigenvalue weighted by Gasteiger charge is -2.02. The van der Waals surface area contributed by atoms with E-state index in [0.717, 1.165) is 12.2 Å². The molecule has 3 heteroatoms. The summed E-state index contributed by atoms with van der Waals surface area (Å²) in [6.45, 7) is 0. The van der Waals surface area contributed by atoms with E-state index in [1.165, 1.54) is 0 Å². The number of rotatable bonds is 2. The van der Waals surface area contributed by atoms with Crippen LogP contribution in [0.2, 0.25) is 0 Å². The Balaban J connectivity index is 2.91. The lowest BCUT2D eigenvalue weighted by atomic mass is 10.2. The van der Waals surface area contributed by atoms with Gasteiger partial charge in [-0.3, -0.25) is 5.41 Å². The summed E-state index contributed by atoms with van der Waals surface area (Å²) in [7, 11) is 1.61. The highest BCUT2D eigenvalue weighted by atomic mass is 16.5. The van der Waals surface area contributed by atoms with Crippen molar-refractivity contribution in [2.24, 2.45) is 5.73 Å². The SMILES string of the molecule is COC1=CC(C(=N)N)=CC=CC1. The van der Waals surface area contributed by atoms with Crippen LogP contribution in [-0.2, 0) is 4.74 Å². The fourth-order valence-electron chi connectivity index (χ4n) is 0.946. The summed E-state index contributed by atoms with van der Waals surface area (Å²) in [5.41, 5.74) is 6.03. The highest BCUT2D eigenvalue weighted by molar-refractivity contribution is 5.97. The van der Waals surface area contributed by atoms with Gasteiger partial charge in [0, 0.05) is 12.0 Å². The quantitative estimate of drug-likeness (QED) is 0.478. The molecule has 12 heavy (non-hydrogen) atoms. The first-order valence-electron chi connectivity index (χ1n) is 3.70. The van der Waals surface area contributed by atoms with E-state index in [9.17, 15) is 0 Å². The molecule has 3 nitrogen and oxygen atoms in total. The zero-order valence-electron chi connectivity index (χ0n) is 7.00. The lowest BCUT2D eigenvalue weighted by Crippen LogP contribution is -2.11. The van der Waals surface area contributed by atoms with Crippen molar-refractivity contribution in [2.75, 3.05) is 7.11 Å². The molecule has 0 saturated heterocycles. The predicted molar refractivity (Wildman–Crippen MR) is 48.8 cm³/mol. The molecule has 0 aromatic rings. The maximum Gasteiger partial charge on any atom is 0.122 e. The van der Waals surface area contributed by atoms with Crippen molar-refractivity contribution in [2.45, 2.75) is 6.42 Å². The number of hydrogen-bond acceptors (Lipinski definition) is 2. The Bertz CT molecular complexity index is 274. The van der Waals surface area contributed by atoms with Crippen LogP contribution in [0.5, 0.6) is 0 Å². The molecule has 0 saturated carbocycles. The van der Waals surface area contributed by atoms with Crippen molar-refractivity contribution < 1.29 is 4.74 Å². The molecule has 0 atom stereocenters. The monoisotopic (exact) mass is 164 g/mol. The Morgan fingerprint density at radius 1 is 1.67 bits per heavy atom. The third-order valence-corrected chi connectivity index (χ3v) is 1.62. The Kier molecular flexibility index (Phi) is 2.69. The minimum atomic E-state index is 0.0658. The van der Waals surface area contributed by atoms with Gasteiger partial charge in [0.05, 0.1) is 12.9 Å². The third kappa shape index (κ3) is 1.99. The Morgan fingerprint density at radius 2 is 2.42 bits per heavy atom. The molecule has 0 fully saturated rings. The zero-order chi connectivity index (χ0) is 8.97. The van der Waals surface area contributed by atoms with E-state index in [4.69, 9.17) is 15.9 Å². The van der Waals surface area contributed by atoms with Crippen LogP contribution < -0.4 is 5.73 Å². The van der Waals surface area contributed by atoms with Gasteiger partial charge in [0.15, 0.2) is 0 Å².